The highest BCUT2D eigenvalue weighted by atomic mass is 19.4. The van der Waals surface area contributed by atoms with Crippen molar-refractivity contribution in [2.24, 2.45) is 0 Å². The Morgan fingerprint density at radius 3 is 1.94 bits per heavy atom. The number of carbonyl (C=O) groups is 1. The summed E-state index contributed by atoms with van der Waals surface area (Å²) in [6.07, 6.45) is -4.88. The molecule has 0 aliphatic rings. The Hall–Kier alpha value is -1.77. The number of hydrogen-bond acceptors (Lipinski definition) is 3. The summed E-state index contributed by atoms with van der Waals surface area (Å²) in [6, 6.07) is 1.86. The molecule has 3 nitrogen and oxygen atoms in total. The Labute approximate surface area is 97.6 Å². The van der Waals surface area contributed by atoms with Crippen LogP contribution in [0.1, 0.15) is 27.7 Å². The molecule has 94 valence electrons. The van der Waals surface area contributed by atoms with E-state index in [9.17, 15) is 18.0 Å². The second kappa shape index (κ2) is 5.53. The van der Waals surface area contributed by atoms with Crippen molar-refractivity contribution < 1.29 is 18.0 Å². The van der Waals surface area contributed by atoms with Gasteiger partial charge in [-0.3, -0.25) is 4.79 Å². The van der Waals surface area contributed by atoms with Crippen LogP contribution in [0.25, 0.3) is 0 Å². The first kappa shape index (κ1) is 15.2. The van der Waals surface area contributed by atoms with Gasteiger partial charge in [-0.05, 0) is 27.7 Å². The van der Waals surface area contributed by atoms with Gasteiger partial charge in [0.25, 0.3) is 5.78 Å². The molecule has 0 aliphatic heterocycles. The highest BCUT2D eigenvalue weighted by molar-refractivity contribution is 5.99. The first-order valence-electron chi connectivity index (χ1n) is 4.74. The van der Waals surface area contributed by atoms with Gasteiger partial charge in [0.05, 0.1) is 6.07 Å². The van der Waals surface area contributed by atoms with Gasteiger partial charge in [-0.2, -0.15) is 18.4 Å². The van der Waals surface area contributed by atoms with Crippen LogP contribution >= 0.6 is 0 Å². The lowest BCUT2D eigenvalue weighted by Gasteiger charge is -2.12. The number of allylic oxidation sites excluding steroid dienone is 4. The topological polar surface area (TPSA) is 52.9 Å². The van der Waals surface area contributed by atoms with Crippen LogP contribution in [0.5, 0.6) is 0 Å². The Balaban J connectivity index is 5.12. The minimum atomic E-state index is -4.88. The van der Waals surface area contributed by atoms with Crippen LogP contribution in [0.4, 0.5) is 13.2 Å². The smallest absolute Gasteiger partial charge is 0.362 e. The zero-order chi connectivity index (χ0) is 13.8. The number of rotatable bonds is 3. The van der Waals surface area contributed by atoms with E-state index in [2.05, 4.69) is 5.32 Å². The maximum absolute atomic E-state index is 12.1. The van der Waals surface area contributed by atoms with Crippen molar-refractivity contribution in [1.82, 2.24) is 5.32 Å². The maximum Gasteiger partial charge on any atom is 0.454 e. The molecule has 0 fully saturated rings. The number of nitrogens with one attached hydrogen (secondary N) is 1. The first-order valence-corrected chi connectivity index (χ1v) is 4.74. The van der Waals surface area contributed by atoms with Gasteiger partial charge in [-0.1, -0.05) is 0 Å². The third-order valence-electron chi connectivity index (χ3n) is 2.27. The molecule has 0 aromatic heterocycles. The van der Waals surface area contributed by atoms with Crippen molar-refractivity contribution in [3.8, 4) is 6.07 Å². The van der Waals surface area contributed by atoms with E-state index in [1.165, 1.54) is 13.8 Å². The minimum absolute atomic E-state index is 0.0828. The molecule has 0 amide bonds. The molecule has 0 aromatic rings. The lowest BCUT2D eigenvalue weighted by molar-refractivity contribution is -0.166. The zero-order valence-electron chi connectivity index (χ0n) is 9.99. The number of carbonyl (C=O) groups excluding carboxylic acids is 1. The molecule has 0 saturated heterocycles. The first-order chi connectivity index (χ1) is 7.61. The third kappa shape index (κ3) is 4.31. The molecule has 0 rings (SSSR count). The van der Waals surface area contributed by atoms with Crippen molar-refractivity contribution in [3.05, 3.63) is 22.5 Å². The number of nitrogens with zero attached hydrogens (tertiary/aromatic N) is 1. The van der Waals surface area contributed by atoms with Gasteiger partial charge in [0.2, 0.25) is 0 Å². The number of halogens is 3. The van der Waals surface area contributed by atoms with E-state index >= 15 is 0 Å². The fraction of sp³-hybridized carbons (Fsp3) is 0.455. The molecule has 0 spiro atoms. The largest absolute Gasteiger partial charge is 0.454 e. The normalized spacial score (nSPS) is 14.5. The predicted octanol–water partition coefficient (Wildman–Crippen LogP) is 2.82. The van der Waals surface area contributed by atoms with Gasteiger partial charge in [-0.15, -0.1) is 0 Å². The van der Waals surface area contributed by atoms with Crippen molar-refractivity contribution in [1.29, 1.82) is 5.26 Å². The minimum Gasteiger partial charge on any atom is -0.362 e. The Morgan fingerprint density at radius 2 is 1.59 bits per heavy atom. The van der Waals surface area contributed by atoms with Crippen LogP contribution in [-0.4, -0.2) is 12.0 Å². The van der Waals surface area contributed by atoms with E-state index < -0.39 is 17.5 Å². The monoisotopic (exact) mass is 246 g/mol. The van der Waals surface area contributed by atoms with Crippen molar-refractivity contribution in [2.75, 3.05) is 0 Å². The summed E-state index contributed by atoms with van der Waals surface area (Å²) in [4.78, 5) is 10.9. The van der Waals surface area contributed by atoms with Crippen LogP contribution in [0.15, 0.2) is 22.5 Å². The number of alkyl halides is 3. The number of Topliss-reactive ketones (excluding diaryl/α,β-unsaturated/α-hetero) is 1. The van der Waals surface area contributed by atoms with Crippen LogP contribution in [0.3, 0.4) is 0 Å². The molecule has 0 aliphatic carbocycles. The molecular formula is C11H13F3N2O. The summed E-state index contributed by atoms with van der Waals surface area (Å²) >= 11 is 0. The lowest BCUT2D eigenvalue weighted by atomic mass is 10.1. The predicted molar refractivity (Wildman–Crippen MR) is 56.6 cm³/mol. The molecule has 0 aromatic carbocycles. The summed E-state index contributed by atoms with van der Waals surface area (Å²) in [5.41, 5.74) is 0.429. The lowest BCUT2D eigenvalue weighted by Crippen LogP contribution is -2.26. The summed E-state index contributed by atoms with van der Waals surface area (Å²) in [5.74, 6) is -1.88. The van der Waals surface area contributed by atoms with Gasteiger partial charge >= 0.3 is 6.18 Å². The maximum atomic E-state index is 12.1. The van der Waals surface area contributed by atoms with Crippen LogP contribution in [-0.2, 0) is 4.79 Å². The second-order valence-electron chi connectivity index (χ2n) is 3.56. The van der Waals surface area contributed by atoms with E-state index in [1.807, 2.05) is 6.07 Å². The van der Waals surface area contributed by atoms with Crippen molar-refractivity contribution in [2.45, 2.75) is 33.9 Å². The molecule has 0 radical (unpaired) electrons. The molecular weight excluding hydrogens is 233 g/mol. The Morgan fingerprint density at radius 1 is 1.12 bits per heavy atom. The Bertz CT molecular complexity index is 425. The van der Waals surface area contributed by atoms with E-state index in [4.69, 9.17) is 5.26 Å². The second-order valence-corrected chi connectivity index (χ2v) is 3.56. The molecule has 6 heteroatoms. The average Bonchev–Trinajstić information content (AvgIpc) is 2.24. The van der Waals surface area contributed by atoms with Crippen molar-refractivity contribution in [3.63, 3.8) is 0 Å². The number of nitriles is 1. The quantitative estimate of drug-likeness (QED) is 0.615. The zero-order valence-corrected chi connectivity index (χ0v) is 9.99. The van der Waals surface area contributed by atoms with E-state index in [-0.39, 0.29) is 5.70 Å². The SMILES string of the molecule is C/C(C#N)=C(\C)N/C(C)=C(\C)C(=O)C(F)(F)F. The van der Waals surface area contributed by atoms with Crippen LogP contribution < -0.4 is 5.32 Å². The van der Waals surface area contributed by atoms with E-state index in [0.29, 0.717) is 11.3 Å². The highest BCUT2D eigenvalue weighted by Gasteiger charge is 2.39. The Kier molecular flexibility index (Phi) is 4.95. The highest BCUT2D eigenvalue weighted by Crippen LogP contribution is 2.21. The van der Waals surface area contributed by atoms with Crippen molar-refractivity contribution >= 4 is 5.78 Å². The standard InChI is InChI=1S/C11H13F3N2O/c1-6(5-15)8(3)16-9(4)7(2)10(17)11(12,13)14/h16H,1-4H3/b8-6-,9-7+. The van der Waals surface area contributed by atoms with Gasteiger partial charge in [-0.25, -0.2) is 0 Å². The van der Waals surface area contributed by atoms with Gasteiger partial charge < -0.3 is 5.32 Å². The van der Waals surface area contributed by atoms with E-state index in [0.717, 1.165) is 6.92 Å². The third-order valence-corrected chi connectivity index (χ3v) is 2.27. The van der Waals surface area contributed by atoms with Gasteiger partial charge in [0, 0.05) is 22.5 Å². The van der Waals surface area contributed by atoms with Crippen LogP contribution in [0.2, 0.25) is 0 Å². The molecule has 0 bridgehead atoms. The molecule has 0 atom stereocenters. The molecule has 0 saturated carbocycles. The van der Waals surface area contributed by atoms with Gasteiger partial charge in [0.15, 0.2) is 0 Å². The van der Waals surface area contributed by atoms with E-state index in [1.54, 1.807) is 6.92 Å². The summed E-state index contributed by atoms with van der Waals surface area (Å²) < 4.78 is 36.4. The van der Waals surface area contributed by atoms with Gasteiger partial charge in [0.1, 0.15) is 0 Å². The summed E-state index contributed by atoms with van der Waals surface area (Å²) in [6.45, 7) is 5.52. The average molecular weight is 246 g/mol. The summed E-state index contributed by atoms with van der Waals surface area (Å²) in [5, 5.41) is 11.2. The molecule has 17 heavy (non-hydrogen) atoms. The number of hydrogen-bond donors (Lipinski definition) is 1. The van der Waals surface area contributed by atoms with Crippen LogP contribution in [0, 0.1) is 11.3 Å². The fourth-order valence-electron chi connectivity index (χ4n) is 0.936. The molecule has 0 heterocycles. The summed E-state index contributed by atoms with van der Waals surface area (Å²) in [7, 11) is 0. The molecule has 0 unspecified atom stereocenters. The molecule has 1 N–H and O–H groups in total. The number of ketones is 1. The fourth-order valence-corrected chi connectivity index (χ4v) is 0.936.